The van der Waals surface area contributed by atoms with Crippen molar-refractivity contribution in [2.24, 2.45) is 11.8 Å². The maximum atomic E-state index is 13.5. The predicted octanol–water partition coefficient (Wildman–Crippen LogP) is 3.96. The van der Waals surface area contributed by atoms with Crippen LogP contribution in [0, 0.1) is 11.8 Å². The summed E-state index contributed by atoms with van der Waals surface area (Å²) in [5.74, 6) is 2.51. The number of aryl methyl sites for hydroxylation is 1. The van der Waals surface area contributed by atoms with Gasteiger partial charge in [0.25, 0.3) is 5.56 Å². The van der Waals surface area contributed by atoms with Gasteiger partial charge in [-0.3, -0.25) is 14.2 Å². The number of thioether (sulfide) groups is 1. The Balaban J connectivity index is 1.44. The number of benzene rings is 2. The van der Waals surface area contributed by atoms with Crippen LogP contribution in [0.15, 0.2) is 52.4 Å². The van der Waals surface area contributed by atoms with E-state index in [1.165, 1.54) is 11.8 Å². The monoisotopic (exact) mass is 479 g/mol. The molecule has 1 fully saturated rings. The van der Waals surface area contributed by atoms with Gasteiger partial charge in [-0.25, -0.2) is 4.98 Å². The van der Waals surface area contributed by atoms with Crippen molar-refractivity contribution in [2.75, 3.05) is 25.6 Å². The Morgan fingerprint density at radius 3 is 2.53 bits per heavy atom. The van der Waals surface area contributed by atoms with E-state index >= 15 is 0 Å². The fourth-order valence-electron chi connectivity index (χ4n) is 4.87. The standard InChI is InChI=1S/C26H29N3O4S/c1-17-10-18(2)14-28(13-17)24(30)15-34-26-27-21-12-23-22(32-16-33-23)11-20(21)25(31)29(26)9-8-19-6-4-3-5-7-19/h3-7,11-12,17-18H,8-10,13-16H2,1-2H3/t17-,18-/m1/s1. The van der Waals surface area contributed by atoms with E-state index in [1.807, 2.05) is 35.2 Å². The zero-order valence-electron chi connectivity index (χ0n) is 19.5. The first kappa shape index (κ1) is 22.8. The second-order valence-electron chi connectivity index (χ2n) is 9.34. The van der Waals surface area contributed by atoms with Crippen molar-refractivity contribution in [1.82, 2.24) is 14.5 Å². The maximum absolute atomic E-state index is 13.5. The molecular formula is C26H29N3O4S. The van der Waals surface area contributed by atoms with Crippen LogP contribution >= 0.6 is 11.8 Å². The van der Waals surface area contributed by atoms with Crippen LogP contribution in [-0.4, -0.2) is 46.0 Å². The van der Waals surface area contributed by atoms with Crippen LogP contribution in [0.1, 0.15) is 25.8 Å². The molecule has 2 aliphatic rings. The van der Waals surface area contributed by atoms with Crippen LogP contribution in [0.25, 0.3) is 10.9 Å². The summed E-state index contributed by atoms with van der Waals surface area (Å²) in [6.45, 7) is 6.59. The number of aromatic nitrogens is 2. The summed E-state index contributed by atoms with van der Waals surface area (Å²) in [6.07, 6.45) is 1.85. The number of hydrogen-bond donors (Lipinski definition) is 0. The van der Waals surface area contributed by atoms with Crippen molar-refractivity contribution >= 4 is 28.6 Å². The second-order valence-corrected chi connectivity index (χ2v) is 10.3. The molecule has 34 heavy (non-hydrogen) atoms. The molecular weight excluding hydrogens is 450 g/mol. The van der Waals surface area contributed by atoms with E-state index < -0.39 is 0 Å². The number of fused-ring (bicyclic) bond motifs is 2. The van der Waals surface area contributed by atoms with Crippen LogP contribution in [0.2, 0.25) is 0 Å². The van der Waals surface area contributed by atoms with E-state index in [1.54, 1.807) is 16.7 Å². The Morgan fingerprint density at radius 1 is 1.09 bits per heavy atom. The van der Waals surface area contributed by atoms with E-state index in [9.17, 15) is 9.59 Å². The molecule has 3 heterocycles. The molecule has 1 amide bonds. The topological polar surface area (TPSA) is 73.7 Å². The lowest BCUT2D eigenvalue weighted by atomic mass is 9.92. The minimum Gasteiger partial charge on any atom is -0.454 e. The molecule has 0 spiro atoms. The molecule has 7 nitrogen and oxygen atoms in total. The normalized spacial score (nSPS) is 19.5. The minimum atomic E-state index is -0.130. The Bertz CT molecular complexity index is 1250. The SMILES string of the molecule is C[C@@H]1C[C@@H](C)CN(C(=O)CSc2nc3cc4c(cc3c(=O)n2CCc2ccccc2)OCO4)C1. The van der Waals surface area contributed by atoms with Gasteiger partial charge in [0, 0.05) is 25.7 Å². The van der Waals surface area contributed by atoms with Gasteiger partial charge in [0.1, 0.15) is 0 Å². The Hall–Kier alpha value is -3.00. The number of ether oxygens (including phenoxy) is 2. The van der Waals surface area contributed by atoms with Gasteiger partial charge in [0.2, 0.25) is 12.7 Å². The smallest absolute Gasteiger partial charge is 0.262 e. The molecule has 0 saturated carbocycles. The van der Waals surface area contributed by atoms with E-state index in [4.69, 9.17) is 14.5 Å². The zero-order valence-corrected chi connectivity index (χ0v) is 20.3. The molecule has 2 aliphatic heterocycles. The molecule has 0 N–H and O–H groups in total. The van der Waals surface area contributed by atoms with Gasteiger partial charge in [-0.1, -0.05) is 55.9 Å². The summed E-state index contributed by atoms with van der Waals surface area (Å²) in [5.41, 5.74) is 1.57. The average molecular weight is 480 g/mol. The number of carbonyl (C=O) groups excluding carboxylic acids is 1. The second kappa shape index (κ2) is 9.70. The number of carbonyl (C=O) groups is 1. The summed E-state index contributed by atoms with van der Waals surface area (Å²) in [5, 5.41) is 1.05. The number of rotatable bonds is 6. The van der Waals surface area contributed by atoms with Crippen LogP contribution in [0.3, 0.4) is 0 Å². The Labute approximate surface area is 203 Å². The summed E-state index contributed by atoms with van der Waals surface area (Å²) < 4.78 is 12.6. The Kier molecular flexibility index (Phi) is 6.50. The van der Waals surface area contributed by atoms with Crippen LogP contribution < -0.4 is 15.0 Å². The summed E-state index contributed by atoms with van der Waals surface area (Å²) >= 11 is 1.34. The number of hydrogen-bond acceptors (Lipinski definition) is 6. The van der Waals surface area contributed by atoms with Crippen LogP contribution in [0.5, 0.6) is 11.5 Å². The third-order valence-electron chi connectivity index (χ3n) is 6.43. The van der Waals surface area contributed by atoms with Crippen molar-refractivity contribution in [3.05, 3.63) is 58.4 Å². The van der Waals surface area contributed by atoms with Crippen molar-refractivity contribution in [1.29, 1.82) is 0 Å². The summed E-state index contributed by atoms with van der Waals surface area (Å²) in [6, 6.07) is 13.5. The zero-order chi connectivity index (χ0) is 23.7. The molecule has 2 aromatic carbocycles. The first-order valence-corrected chi connectivity index (χ1v) is 12.7. The molecule has 0 unspecified atom stereocenters. The largest absolute Gasteiger partial charge is 0.454 e. The highest BCUT2D eigenvalue weighted by Gasteiger charge is 2.26. The first-order valence-electron chi connectivity index (χ1n) is 11.8. The Morgan fingerprint density at radius 2 is 1.79 bits per heavy atom. The molecule has 1 saturated heterocycles. The highest BCUT2D eigenvalue weighted by atomic mass is 32.2. The predicted molar refractivity (Wildman–Crippen MR) is 133 cm³/mol. The third-order valence-corrected chi connectivity index (χ3v) is 7.39. The molecule has 5 rings (SSSR count). The van der Waals surface area contributed by atoms with Gasteiger partial charge < -0.3 is 14.4 Å². The lowest BCUT2D eigenvalue weighted by molar-refractivity contribution is -0.130. The van der Waals surface area contributed by atoms with Crippen molar-refractivity contribution in [2.45, 2.75) is 38.4 Å². The molecule has 3 aromatic rings. The van der Waals surface area contributed by atoms with Gasteiger partial charge >= 0.3 is 0 Å². The molecule has 8 heteroatoms. The lowest BCUT2D eigenvalue weighted by Gasteiger charge is -2.35. The van der Waals surface area contributed by atoms with E-state index in [2.05, 4.69) is 13.8 Å². The number of likely N-dealkylation sites (tertiary alicyclic amines) is 1. The highest BCUT2D eigenvalue weighted by molar-refractivity contribution is 7.99. The fourth-order valence-corrected chi connectivity index (χ4v) is 5.80. The van der Waals surface area contributed by atoms with E-state index in [0.29, 0.717) is 52.4 Å². The lowest BCUT2D eigenvalue weighted by Crippen LogP contribution is -2.43. The molecule has 178 valence electrons. The van der Waals surface area contributed by atoms with Crippen LogP contribution in [-0.2, 0) is 17.8 Å². The average Bonchev–Trinajstić information content (AvgIpc) is 3.28. The minimum absolute atomic E-state index is 0.0954. The maximum Gasteiger partial charge on any atom is 0.262 e. The van der Waals surface area contributed by atoms with Crippen molar-refractivity contribution in [3.8, 4) is 11.5 Å². The summed E-state index contributed by atoms with van der Waals surface area (Å²) in [7, 11) is 0. The van der Waals surface area contributed by atoms with Gasteiger partial charge in [-0.05, 0) is 36.3 Å². The van der Waals surface area contributed by atoms with Gasteiger partial charge in [0.15, 0.2) is 16.7 Å². The van der Waals surface area contributed by atoms with E-state index in [0.717, 1.165) is 25.1 Å². The first-order chi connectivity index (χ1) is 16.5. The molecule has 2 atom stereocenters. The highest BCUT2D eigenvalue weighted by Crippen LogP contribution is 2.35. The molecule has 0 bridgehead atoms. The van der Waals surface area contributed by atoms with Crippen molar-refractivity contribution < 1.29 is 14.3 Å². The van der Waals surface area contributed by atoms with Gasteiger partial charge in [-0.15, -0.1) is 0 Å². The quantitative estimate of drug-likeness (QED) is 0.394. The van der Waals surface area contributed by atoms with E-state index in [-0.39, 0.29) is 24.0 Å². The number of nitrogens with zero attached hydrogens (tertiary/aromatic N) is 3. The number of piperidine rings is 1. The van der Waals surface area contributed by atoms with Crippen LogP contribution in [0.4, 0.5) is 0 Å². The molecule has 1 aromatic heterocycles. The number of amides is 1. The third kappa shape index (κ3) is 4.78. The molecule has 0 radical (unpaired) electrons. The molecule has 0 aliphatic carbocycles. The summed E-state index contributed by atoms with van der Waals surface area (Å²) in [4.78, 5) is 33.3. The van der Waals surface area contributed by atoms with Gasteiger partial charge in [0.05, 0.1) is 16.7 Å². The fraction of sp³-hybridized carbons (Fsp3) is 0.423. The van der Waals surface area contributed by atoms with Gasteiger partial charge in [-0.2, -0.15) is 0 Å². The van der Waals surface area contributed by atoms with Crippen molar-refractivity contribution in [3.63, 3.8) is 0 Å².